The summed E-state index contributed by atoms with van der Waals surface area (Å²) in [7, 11) is 0. The molecule has 146 valence electrons. The summed E-state index contributed by atoms with van der Waals surface area (Å²) < 4.78 is 35.8. The molecule has 2 aromatic rings. The number of nitrogens with zero attached hydrogens (tertiary/aromatic N) is 1. The molecule has 3 rings (SSSR count). The third-order valence-corrected chi connectivity index (χ3v) is 5.17. The molecule has 4 nitrogen and oxygen atoms in total. The van der Waals surface area contributed by atoms with Gasteiger partial charge in [-0.15, -0.1) is 0 Å². The van der Waals surface area contributed by atoms with Gasteiger partial charge in [-0.05, 0) is 48.9 Å². The topological polar surface area (TPSA) is 51.6 Å². The molecule has 1 N–H and O–H groups in total. The van der Waals surface area contributed by atoms with Crippen LogP contribution in [0.5, 0.6) is 11.5 Å². The molecule has 1 aliphatic carbocycles. The Morgan fingerprint density at radius 2 is 1.78 bits per heavy atom. The lowest BCUT2D eigenvalue weighted by atomic mass is 10.0. The van der Waals surface area contributed by atoms with Crippen molar-refractivity contribution in [1.29, 1.82) is 0 Å². The monoisotopic (exact) mass is 417 g/mol. The van der Waals surface area contributed by atoms with Crippen molar-refractivity contribution in [1.82, 2.24) is 4.98 Å². The van der Waals surface area contributed by atoms with E-state index in [1.54, 1.807) is 0 Å². The average molecular weight is 418 g/mol. The number of rotatable bonds is 7. The number of hydrogen-bond donors (Lipinski definition) is 1. The highest BCUT2D eigenvalue weighted by Crippen LogP contribution is 2.36. The van der Waals surface area contributed by atoms with Gasteiger partial charge < -0.3 is 14.6 Å². The second-order valence-corrected chi connectivity index (χ2v) is 7.23. The van der Waals surface area contributed by atoms with E-state index < -0.39 is 12.7 Å². The van der Waals surface area contributed by atoms with Gasteiger partial charge in [-0.3, -0.25) is 4.98 Å². The minimum Gasteiger partial charge on any atom is -0.487 e. The third-order valence-electron chi connectivity index (χ3n) is 4.51. The van der Waals surface area contributed by atoms with Gasteiger partial charge in [0.25, 0.3) is 0 Å². The van der Waals surface area contributed by atoms with E-state index in [1.165, 1.54) is 30.6 Å². The largest absolute Gasteiger partial charge is 0.487 e. The van der Waals surface area contributed by atoms with Crippen molar-refractivity contribution < 1.29 is 23.4 Å². The zero-order valence-electron chi connectivity index (χ0n) is 14.4. The number of hydrogen-bond acceptors (Lipinski definition) is 4. The number of halogens is 4. The van der Waals surface area contributed by atoms with E-state index in [9.17, 15) is 13.9 Å². The van der Waals surface area contributed by atoms with Gasteiger partial charge in [0, 0.05) is 18.8 Å². The average Bonchev–Trinajstić information content (AvgIpc) is 3.12. The number of aromatic nitrogens is 1. The van der Waals surface area contributed by atoms with E-state index in [-0.39, 0.29) is 24.0 Å². The van der Waals surface area contributed by atoms with Crippen molar-refractivity contribution in [2.24, 2.45) is 0 Å². The Hall–Kier alpha value is -1.63. The second-order valence-electron chi connectivity index (χ2n) is 6.41. The van der Waals surface area contributed by atoms with Gasteiger partial charge >= 0.3 is 6.61 Å². The predicted molar refractivity (Wildman–Crippen MR) is 98.9 cm³/mol. The molecule has 1 aromatic heterocycles. The summed E-state index contributed by atoms with van der Waals surface area (Å²) in [4.78, 5) is 3.88. The number of ether oxygens (including phenoxy) is 2. The SMILES string of the molecule is O[C@@H](Cc1c(Cl)cncc1Cl)c1ccc(OC(F)F)c(OC2CCCC2)c1. The molecule has 1 saturated carbocycles. The van der Waals surface area contributed by atoms with Crippen molar-refractivity contribution in [2.45, 2.75) is 50.9 Å². The molecule has 1 heterocycles. The smallest absolute Gasteiger partial charge is 0.387 e. The maximum atomic E-state index is 12.7. The van der Waals surface area contributed by atoms with Gasteiger partial charge in [0.2, 0.25) is 0 Å². The van der Waals surface area contributed by atoms with E-state index in [2.05, 4.69) is 9.72 Å². The summed E-state index contributed by atoms with van der Waals surface area (Å²) in [5.41, 5.74) is 1.06. The van der Waals surface area contributed by atoms with Crippen LogP contribution in [0, 0.1) is 0 Å². The Morgan fingerprint density at radius 1 is 1.11 bits per heavy atom. The fourth-order valence-corrected chi connectivity index (χ4v) is 3.67. The molecule has 1 aromatic carbocycles. The van der Waals surface area contributed by atoms with Crippen molar-refractivity contribution in [3.8, 4) is 11.5 Å². The molecule has 0 unspecified atom stereocenters. The van der Waals surface area contributed by atoms with Crippen molar-refractivity contribution >= 4 is 23.2 Å². The first-order valence-corrected chi connectivity index (χ1v) is 9.41. The lowest BCUT2D eigenvalue weighted by Gasteiger charge is -2.19. The molecular formula is C19H19Cl2F2NO3. The van der Waals surface area contributed by atoms with E-state index in [4.69, 9.17) is 27.9 Å². The fraction of sp³-hybridized carbons (Fsp3) is 0.421. The summed E-state index contributed by atoms with van der Waals surface area (Å²) in [5.74, 6) is 0.151. The first-order chi connectivity index (χ1) is 12.9. The second kappa shape index (κ2) is 9.04. The summed E-state index contributed by atoms with van der Waals surface area (Å²) in [5, 5.41) is 11.3. The Labute approximate surface area is 166 Å². The van der Waals surface area contributed by atoms with Crippen molar-refractivity contribution in [3.63, 3.8) is 0 Å². The van der Waals surface area contributed by atoms with E-state index in [1.807, 2.05) is 0 Å². The van der Waals surface area contributed by atoms with Crippen molar-refractivity contribution in [2.75, 3.05) is 0 Å². The number of pyridine rings is 1. The molecule has 0 radical (unpaired) electrons. The predicted octanol–water partition coefficient (Wildman–Crippen LogP) is 5.59. The molecular weight excluding hydrogens is 399 g/mol. The quantitative estimate of drug-likeness (QED) is 0.637. The third kappa shape index (κ3) is 5.21. The molecule has 27 heavy (non-hydrogen) atoms. The normalized spacial score (nSPS) is 15.9. The molecule has 1 atom stereocenters. The van der Waals surface area contributed by atoms with Crippen LogP contribution in [0.4, 0.5) is 8.78 Å². The first kappa shape index (κ1) is 20.1. The Balaban J connectivity index is 1.83. The molecule has 0 aliphatic heterocycles. The lowest BCUT2D eigenvalue weighted by Crippen LogP contribution is -2.13. The van der Waals surface area contributed by atoms with Gasteiger partial charge in [-0.2, -0.15) is 8.78 Å². The number of alkyl halides is 2. The van der Waals surface area contributed by atoms with E-state index in [0.717, 1.165) is 25.7 Å². The highest BCUT2D eigenvalue weighted by atomic mass is 35.5. The van der Waals surface area contributed by atoms with Gasteiger partial charge in [-0.25, -0.2) is 0 Å². The lowest BCUT2D eigenvalue weighted by molar-refractivity contribution is -0.0520. The maximum absolute atomic E-state index is 12.7. The molecule has 0 amide bonds. The zero-order valence-corrected chi connectivity index (χ0v) is 15.9. The Bertz CT molecular complexity index is 765. The van der Waals surface area contributed by atoms with Crippen LogP contribution in [0.3, 0.4) is 0 Å². The molecule has 8 heteroatoms. The molecule has 0 saturated heterocycles. The van der Waals surface area contributed by atoms with Crippen LogP contribution in [0.25, 0.3) is 0 Å². The number of aliphatic hydroxyl groups excluding tert-OH is 1. The van der Waals surface area contributed by atoms with Crippen LogP contribution in [-0.2, 0) is 6.42 Å². The minimum absolute atomic E-state index is 0.0403. The van der Waals surface area contributed by atoms with Gasteiger partial charge in [0.1, 0.15) is 0 Å². The maximum Gasteiger partial charge on any atom is 0.387 e. The zero-order chi connectivity index (χ0) is 19.4. The Morgan fingerprint density at radius 3 is 2.41 bits per heavy atom. The van der Waals surface area contributed by atoms with Crippen LogP contribution >= 0.6 is 23.2 Å². The van der Waals surface area contributed by atoms with Crippen LogP contribution in [0.1, 0.15) is 42.9 Å². The fourth-order valence-electron chi connectivity index (χ4n) is 3.15. The van der Waals surface area contributed by atoms with Crippen LogP contribution < -0.4 is 9.47 Å². The molecule has 0 spiro atoms. The summed E-state index contributed by atoms with van der Waals surface area (Å²) in [6.07, 6.45) is 5.86. The number of benzene rings is 1. The summed E-state index contributed by atoms with van der Waals surface area (Å²) >= 11 is 12.2. The Kier molecular flexibility index (Phi) is 6.73. The van der Waals surface area contributed by atoms with Crippen LogP contribution in [0.15, 0.2) is 30.6 Å². The van der Waals surface area contributed by atoms with Gasteiger partial charge in [-0.1, -0.05) is 29.3 Å². The summed E-state index contributed by atoms with van der Waals surface area (Å²) in [6.45, 7) is -2.96. The molecule has 1 aliphatic rings. The standard InChI is InChI=1S/C19H19Cl2F2NO3/c20-14-9-24-10-15(21)13(14)8-16(25)11-5-6-17(27-19(22)23)18(7-11)26-12-3-1-2-4-12/h5-7,9-10,12,16,19,25H,1-4,8H2/t16-/m0/s1. The van der Waals surface area contributed by atoms with Crippen molar-refractivity contribution in [3.05, 3.63) is 51.8 Å². The van der Waals surface area contributed by atoms with Crippen LogP contribution in [0.2, 0.25) is 10.0 Å². The van der Waals surface area contributed by atoms with Gasteiger partial charge in [0.15, 0.2) is 11.5 Å². The van der Waals surface area contributed by atoms with E-state index >= 15 is 0 Å². The highest BCUT2D eigenvalue weighted by molar-refractivity contribution is 6.35. The van der Waals surface area contributed by atoms with Crippen LogP contribution in [-0.4, -0.2) is 22.8 Å². The minimum atomic E-state index is -2.96. The first-order valence-electron chi connectivity index (χ1n) is 8.65. The van der Waals surface area contributed by atoms with E-state index in [0.29, 0.717) is 21.2 Å². The molecule has 1 fully saturated rings. The highest BCUT2D eigenvalue weighted by Gasteiger charge is 2.22. The number of aliphatic hydroxyl groups is 1. The summed E-state index contributed by atoms with van der Waals surface area (Å²) in [6, 6.07) is 4.43. The van der Waals surface area contributed by atoms with Gasteiger partial charge in [0.05, 0.1) is 22.3 Å². The molecule has 0 bridgehead atoms.